The summed E-state index contributed by atoms with van der Waals surface area (Å²) >= 11 is 1.21. The van der Waals surface area contributed by atoms with Crippen LogP contribution in [0, 0.1) is 6.92 Å². The molecule has 0 unspecified atom stereocenters. The summed E-state index contributed by atoms with van der Waals surface area (Å²) < 4.78 is 0. The molecule has 1 aromatic heterocycles. The number of thiazole rings is 1. The van der Waals surface area contributed by atoms with Crippen molar-refractivity contribution < 1.29 is 9.59 Å². The fourth-order valence-electron chi connectivity index (χ4n) is 2.65. The summed E-state index contributed by atoms with van der Waals surface area (Å²) in [5.74, 6) is -0.239. The van der Waals surface area contributed by atoms with E-state index in [-0.39, 0.29) is 5.91 Å². The summed E-state index contributed by atoms with van der Waals surface area (Å²) in [6.45, 7) is 2.52. The third kappa shape index (κ3) is 5.92. The molecule has 0 aliphatic rings. The van der Waals surface area contributed by atoms with Crippen LogP contribution in [0.15, 0.2) is 60.0 Å². The molecule has 2 aromatic carbocycles. The molecule has 0 saturated carbocycles. The highest BCUT2D eigenvalue weighted by Gasteiger charge is 2.12. The zero-order chi connectivity index (χ0) is 19.8. The lowest BCUT2D eigenvalue weighted by molar-refractivity contribution is 0.0949. The van der Waals surface area contributed by atoms with Crippen LogP contribution in [0.2, 0.25) is 0 Å². The van der Waals surface area contributed by atoms with Crippen molar-refractivity contribution in [2.24, 2.45) is 0 Å². The Hall–Kier alpha value is -3.19. The second-order valence-electron chi connectivity index (χ2n) is 6.33. The fraction of sp³-hybridized carbons (Fsp3) is 0.190. The van der Waals surface area contributed by atoms with E-state index in [2.05, 4.69) is 33.1 Å². The molecule has 0 radical (unpaired) electrons. The number of aromatic nitrogens is 1. The van der Waals surface area contributed by atoms with E-state index in [4.69, 9.17) is 0 Å². The van der Waals surface area contributed by atoms with Crippen molar-refractivity contribution in [3.05, 3.63) is 76.8 Å². The lowest BCUT2D eigenvalue weighted by Gasteiger charge is -2.06. The summed E-state index contributed by atoms with van der Waals surface area (Å²) in [7, 11) is 0. The molecule has 0 atom stereocenters. The Morgan fingerprint density at radius 3 is 2.64 bits per heavy atom. The number of carbonyl (C=O) groups excluding carboxylic acids is 2. The van der Waals surface area contributed by atoms with E-state index >= 15 is 0 Å². The Kier molecular flexibility index (Phi) is 6.75. The van der Waals surface area contributed by atoms with Gasteiger partial charge in [-0.15, -0.1) is 11.3 Å². The van der Waals surface area contributed by atoms with Crippen molar-refractivity contribution in [3.8, 4) is 0 Å². The van der Waals surface area contributed by atoms with E-state index < -0.39 is 6.03 Å². The van der Waals surface area contributed by atoms with Crippen molar-refractivity contribution >= 4 is 34.1 Å². The monoisotopic (exact) mass is 394 g/mol. The van der Waals surface area contributed by atoms with Gasteiger partial charge in [0, 0.05) is 17.6 Å². The lowest BCUT2D eigenvalue weighted by Crippen LogP contribution is -2.25. The van der Waals surface area contributed by atoms with Gasteiger partial charge < -0.3 is 10.6 Å². The Morgan fingerprint density at radius 1 is 1.04 bits per heavy atom. The topological polar surface area (TPSA) is 83.1 Å². The molecule has 1 heterocycles. The summed E-state index contributed by atoms with van der Waals surface area (Å²) in [5.41, 5.74) is 3.30. The lowest BCUT2D eigenvalue weighted by atomic mass is 10.1. The number of hydrogen-bond donors (Lipinski definition) is 3. The van der Waals surface area contributed by atoms with Gasteiger partial charge in [-0.05, 0) is 43.0 Å². The van der Waals surface area contributed by atoms with Gasteiger partial charge in [0.15, 0.2) is 5.13 Å². The standard InChI is InChI=1S/C21H22N4O2S/c1-15-7-5-11-17(13-15)23-20(27)25-21-24-18(14-28-21)19(26)22-12-6-10-16-8-3-2-4-9-16/h2-5,7-9,11,13-14H,6,10,12H2,1H3,(H,22,26)(H2,23,24,25,27). The summed E-state index contributed by atoms with van der Waals surface area (Å²) in [6, 6.07) is 17.3. The quantitative estimate of drug-likeness (QED) is 0.518. The maximum atomic E-state index is 12.2. The van der Waals surface area contributed by atoms with Crippen LogP contribution >= 0.6 is 11.3 Å². The normalized spacial score (nSPS) is 10.3. The van der Waals surface area contributed by atoms with Crippen LogP contribution in [-0.4, -0.2) is 23.5 Å². The first-order valence-corrected chi connectivity index (χ1v) is 9.90. The van der Waals surface area contributed by atoms with E-state index in [0.29, 0.717) is 23.1 Å². The van der Waals surface area contributed by atoms with Crippen LogP contribution in [-0.2, 0) is 6.42 Å². The van der Waals surface area contributed by atoms with Crippen molar-refractivity contribution in [2.45, 2.75) is 19.8 Å². The molecule has 0 saturated heterocycles. The van der Waals surface area contributed by atoms with E-state index in [9.17, 15) is 9.59 Å². The van der Waals surface area contributed by atoms with Crippen molar-refractivity contribution in [1.29, 1.82) is 0 Å². The Labute approximate surface area is 168 Å². The van der Waals surface area contributed by atoms with Crippen molar-refractivity contribution in [3.63, 3.8) is 0 Å². The number of aryl methyl sites for hydroxylation is 2. The van der Waals surface area contributed by atoms with Gasteiger partial charge in [-0.2, -0.15) is 0 Å². The summed E-state index contributed by atoms with van der Waals surface area (Å²) in [6.07, 6.45) is 1.76. The third-order valence-electron chi connectivity index (χ3n) is 4.00. The number of amides is 3. The van der Waals surface area contributed by atoms with Gasteiger partial charge in [0.2, 0.25) is 0 Å². The Morgan fingerprint density at radius 2 is 1.86 bits per heavy atom. The van der Waals surface area contributed by atoms with Crippen LogP contribution < -0.4 is 16.0 Å². The van der Waals surface area contributed by atoms with Crippen LogP contribution in [0.3, 0.4) is 0 Å². The number of nitrogens with zero attached hydrogens (tertiary/aromatic N) is 1. The average Bonchev–Trinajstić information content (AvgIpc) is 3.14. The van der Waals surface area contributed by atoms with Gasteiger partial charge in [-0.1, -0.05) is 42.5 Å². The molecule has 3 amide bonds. The zero-order valence-corrected chi connectivity index (χ0v) is 16.4. The van der Waals surface area contributed by atoms with Crippen molar-refractivity contribution in [2.75, 3.05) is 17.2 Å². The number of urea groups is 1. The van der Waals surface area contributed by atoms with Crippen LogP contribution in [0.1, 0.15) is 28.0 Å². The molecule has 28 heavy (non-hydrogen) atoms. The number of benzene rings is 2. The van der Waals surface area contributed by atoms with Gasteiger partial charge in [-0.3, -0.25) is 10.1 Å². The Bertz CT molecular complexity index is 940. The largest absolute Gasteiger partial charge is 0.351 e. The smallest absolute Gasteiger partial charge is 0.325 e. The van der Waals surface area contributed by atoms with Crippen molar-refractivity contribution in [1.82, 2.24) is 10.3 Å². The molecule has 0 spiro atoms. The SMILES string of the molecule is Cc1cccc(NC(=O)Nc2nc(C(=O)NCCCc3ccccc3)cs2)c1. The van der Waals surface area contributed by atoms with Gasteiger partial charge in [-0.25, -0.2) is 9.78 Å². The molecular weight excluding hydrogens is 372 g/mol. The highest BCUT2D eigenvalue weighted by atomic mass is 32.1. The van der Waals surface area contributed by atoms with Gasteiger partial charge in [0.1, 0.15) is 5.69 Å². The molecule has 0 aliphatic heterocycles. The number of nitrogens with one attached hydrogen (secondary N) is 3. The second kappa shape index (κ2) is 9.66. The predicted molar refractivity (Wildman–Crippen MR) is 113 cm³/mol. The minimum Gasteiger partial charge on any atom is -0.351 e. The Balaban J connectivity index is 1.43. The molecule has 0 bridgehead atoms. The molecule has 3 N–H and O–H groups in total. The van der Waals surface area contributed by atoms with Gasteiger partial charge in [0.25, 0.3) is 5.91 Å². The predicted octanol–water partition coefficient (Wildman–Crippen LogP) is 4.46. The third-order valence-corrected chi connectivity index (χ3v) is 4.76. The molecule has 0 aliphatic carbocycles. The zero-order valence-electron chi connectivity index (χ0n) is 15.6. The summed E-state index contributed by atoms with van der Waals surface area (Å²) in [5, 5.41) is 10.3. The van der Waals surface area contributed by atoms with E-state index in [1.54, 1.807) is 5.38 Å². The average molecular weight is 395 g/mol. The first-order valence-electron chi connectivity index (χ1n) is 9.02. The molecule has 7 heteroatoms. The van der Waals surface area contributed by atoms with E-state index in [0.717, 1.165) is 18.4 Å². The second-order valence-corrected chi connectivity index (χ2v) is 7.19. The van der Waals surface area contributed by atoms with Gasteiger partial charge in [0.05, 0.1) is 0 Å². The molecule has 144 valence electrons. The number of rotatable bonds is 7. The molecule has 3 rings (SSSR count). The highest BCUT2D eigenvalue weighted by molar-refractivity contribution is 7.14. The van der Waals surface area contributed by atoms with E-state index in [1.807, 2.05) is 49.4 Å². The highest BCUT2D eigenvalue weighted by Crippen LogP contribution is 2.16. The number of anilines is 2. The van der Waals surface area contributed by atoms with E-state index in [1.165, 1.54) is 16.9 Å². The fourth-order valence-corrected chi connectivity index (χ4v) is 3.33. The molecule has 0 fully saturated rings. The number of carbonyl (C=O) groups is 2. The molecular formula is C21H22N4O2S. The first kappa shape index (κ1) is 19.6. The maximum absolute atomic E-state index is 12.2. The molecule has 3 aromatic rings. The summed E-state index contributed by atoms with van der Waals surface area (Å²) in [4.78, 5) is 28.4. The van der Waals surface area contributed by atoms with Crippen LogP contribution in [0.25, 0.3) is 0 Å². The minimum absolute atomic E-state index is 0.239. The number of hydrogen-bond acceptors (Lipinski definition) is 4. The van der Waals surface area contributed by atoms with Gasteiger partial charge >= 0.3 is 6.03 Å². The first-order chi connectivity index (χ1) is 13.6. The maximum Gasteiger partial charge on any atom is 0.325 e. The molecule has 6 nitrogen and oxygen atoms in total. The van der Waals surface area contributed by atoms with Crippen LogP contribution in [0.5, 0.6) is 0 Å². The van der Waals surface area contributed by atoms with Crippen LogP contribution in [0.4, 0.5) is 15.6 Å². The minimum atomic E-state index is -0.394.